The summed E-state index contributed by atoms with van der Waals surface area (Å²) in [4.78, 5) is 30.9. The lowest BCUT2D eigenvalue weighted by Crippen LogP contribution is -2.46. The van der Waals surface area contributed by atoms with E-state index in [1.165, 1.54) is 5.56 Å². The molecule has 1 amide bonds. The van der Waals surface area contributed by atoms with Crippen LogP contribution >= 0.6 is 0 Å². The van der Waals surface area contributed by atoms with Gasteiger partial charge in [0.1, 0.15) is 11.6 Å². The quantitative estimate of drug-likeness (QED) is 0.336. The van der Waals surface area contributed by atoms with E-state index in [0.717, 1.165) is 72.1 Å². The number of aromatic nitrogens is 4. The third-order valence-electron chi connectivity index (χ3n) is 6.87. The molecule has 0 saturated carbocycles. The van der Waals surface area contributed by atoms with Crippen LogP contribution in [0.3, 0.4) is 0 Å². The van der Waals surface area contributed by atoms with Crippen molar-refractivity contribution in [2.75, 3.05) is 36.4 Å². The van der Waals surface area contributed by atoms with E-state index in [2.05, 4.69) is 42.4 Å². The van der Waals surface area contributed by atoms with Gasteiger partial charge < -0.3 is 14.7 Å². The van der Waals surface area contributed by atoms with Gasteiger partial charge >= 0.3 is 0 Å². The SMILES string of the molecule is Cc1cc(CC(=O)Nc2ccc(-c3ccc4ncc(N5CCN(Cc6cccnc6)CC5)nc4c3)cc2)on1. The second-order valence-electron chi connectivity index (χ2n) is 9.79. The zero-order chi connectivity index (χ0) is 26.6. The molecule has 3 aromatic heterocycles. The number of rotatable bonds is 7. The largest absolute Gasteiger partial charge is 0.361 e. The van der Waals surface area contributed by atoms with Crippen LogP contribution in [0.15, 0.2) is 83.8 Å². The Kier molecular flexibility index (Phi) is 6.97. The van der Waals surface area contributed by atoms with Crippen LogP contribution in [0, 0.1) is 6.92 Å². The number of nitrogens with zero attached hydrogens (tertiary/aromatic N) is 6. The van der Waals surface area contributed by atoms with Crippen molar-refractivity contribution in [2.24, 2.45) is 0 Å². The Labute approximate surface area is 226 Å². The third kappa shape index (κ3) is 5.94. The molecule has 0 unspecified atom stereocenters. The predicted molar refractivity (Wildman–Crippen MR) is 150 cm³/mol. The van der Waals surface area contributed by atoms with Gasteiger partial charge in [-0.15, -0.1) is 0 Å². The first kappa shape index (κ1) is 24.7. The minimum absolute atomic E-state index is 0.147. The number of amides is 1. The number of nitrogens with one attached hydrogen (secondary N) is 1. The first-order chi connectivity index (χ1) is 19.1. The minimum atomic E-state index is -0.148. The highest BCUT2D eigenvalue weighted by molar-refractivity contribution is 5.92. The fraction of sp³-hybridized carbons (Fsp3) is 0.233. The van der Waals surface area contributed by atoms with Gasteiger partial charge in [0.15, 0.2) is 0 Å². The zero-order valence-electron chi connectivity index (χ0n) is 21.7. The van der Waals surface area contributed by atoms with E-state index in [0.29, 0.717) is 5.76 Å². The van der Waals surface area contributed by atoms with Gasteiger partial charge in [-0.25, -0.2) is 4.98 Å². The van der Waals surface area contributed by atoms with Gasteiger partial charge in [0, 0.05) is 56.9 Å². The molecule has 0 radical (unpaired) electrons. The molecule has 5 aromatic rings. The molecule has 0 spiro atoms. The summed E-state index contributed by atoms with van der Waals surface area (Å²) in [6, 6.07) is 19.8. The summed E-state index contributed by atoms with van der Waals surface area (Å²) in [5, 5.41) is 6.73. The lowest BCUT2D eigenvalue weighted by Gasteiger charge is -2.35. The molecule has 9 nitrogen and oxygen atoms in total. The van der Waals surface area contributed by atoms with Crippen LogP contribution in [-0.2, 0) is 17.8 Å². The van der Waals surface area contributed by atoms with E-state index in [-0.39, 0.29) is 12.3 Å². The number of hydrogen-bond donors (Lipinski definition) is 1. The second kappa shape index (κ2) is 11.0. The van der Waals surface area contributed by atoms with Crippen molar-refractivity contribution >= 4 is 28.4 Å². The van der Waals surface area contributed by atoms with Crippen molar-refractivity contribution < 1.29 is 9.32 Å². The molecular weight excluding hydrogens is 490 g/mol. The highest BCUT2D eigenvalue weighted by atomic mass is 16.5. The standard InChI is InChI=1S/C30H29N7O2/c1-21-15-26(39-35-21)17-30(38)33-25-7-4-23(5-8-25)24-6-9-27-28(16-24)34-29(19-32-27)37-13-11-36(12-14-37)20-22-3-2-10-31-18-22/h2-10,15-16,18-19H,11-14,17,20H2,1H3,(H,33,38). The van der Waals surface area contributed by atoms with Gasteiger partial charge in [-0.3, -0.25) is 19.7 Å². The van der Waals surface area contributed by atoms with Crippen molar-refractivity contribution in [3.8, 4) is 11.1 Å². The zero-order valence-corrected chi connectivity index (χ0v) is 21.7. The number of fused-ring (bicyclic) bond motifs is 1. The highest BCUT2D eigenvalue weighted by Crippen LogP contribution is 2.26. The van der Waals surface area contributed by atoms with E-state index < -0.39 is 0 Å². The third-order valence-corrected chi connectivity index (χ3v) is 6.87. The first-order valence-electron chi connectivity index (χ1n) is 13.0. The maximum atomic E-state index is 12.3. The van der Waals surface area contributed by atoms with Crippen molar-refractivity contribution in [2.45, 2.75) is 19.9 Å². The maximum absolute atomic E-state index is 12.3. The van der Waals surface area contributed by atoms with Crippen molar-refractivity contribution in [1.29, 1.82) is 0 Å². The van der Waals surface area contributed by atoms with Crippen molar-refractivity contribution in [3.63, 3.8) is 0 Å². The van der Waals surface area contributed by atoms with Gasteiger partial charge in [0.05, 0.1) is 29.3 Å². The summed E-state index contributed by atoms with van der Waals surface area (Å²) in [5.41, 5.74) is 6.54. The van der Waals surface area contributed by atoms with Crippen LogP contribution in [0.5, 0.6) is 0 Å². The average molecular weight is 520 g/mol. The van der Waals surface area contributed by atoms with Crippen LogP contribution in [0.25, 0.3) is 22.2 Å². The molecule has 1 fully saturated rings. The number of carbonyl (C=O) groups is 1. The van der Waals surface area contributed by atoms with Gasteiger partial charge in [-0.1, -0.05) is 29.4 Å². The fourth-order valence-electron chi connectivity index (χ4n) is 4.83. The Balaban J connectivity index is 1.10. The van der Waals surface area contributed by atoms with Crippen LogP contribution in [0.2, 0.25) is 0 Å². The molecular formula is C30H29N7O2. The summed E-state index contributed by atoms with van der Waals surface area (Å²) < 4.78 is 5.13. The van der Waals surface area contributed by atoms with Crippen molar-refractivity contribution in [1.82, 2.24) is 25.0 Å². The first-order valence-corrected chi connectivity index (χ1v) is 13.0. The van der Waals surface area contributed by atoms with Gasteiger partial charge in [-0.05, 0) is 53.9 Å². The molecule has 2 aromatic carbocycles. The average Bonchev–Trinajstić information content (AvgIpc) is 3.38. The van der Waals surface area contributed by atoms with Gasteiger partial charge in [-0.2, -0.15) is 0 Å². The number of benzene rings is 2. The molecule has 9 heteroatoms. The van der Waals surface area contributed by atoms with Gasteiger partial charge in [0.25, 0.3) is 0 Å². The summed E-state index contributed by atoms with van der Waals surface area (Å²) in [6.07, 6.45) is 5.76. The van der Waals surface area contributed by atoms with E-state index in [9.17, 15) is 4.79 Å². The number of piperazine rings is 1. The van der Waals surface area contributed by atoms with Crippen LogP contribution < -0.4 is 10.2 Å². The van der Waals surface area contributed by atoms with Gasteiger partial charge in [0.2, 0.25) is 5.91 Å². The fourth-order valence-corrected chi connectivity index (χ4v) is 4.83. The Morgan fingerprint density at radius 3 is 2.51 bits per heavy atom. The summed E-state index contributed by atoms with van der Waals surface area (Å²) in [6.45, 7) is 6.49. The van der Waals surface area contributed by atoms with E-state index in [1.807, 2.05) is 68.0 Å². The lowest BCUT2D eigenvalue weighted by molar-refractivity contribution is -0.115. The van der Waals surface area contributed by atoms with E-state index in [1.54, 1.807) is 6.07 Å². The number of pyridine rings is 1. The number of anilines is 2. The molecule has 1 aliphatic rings. The second-order valence-corrected chi connectivity index (χ2v) is 9.79. The van der Waals surface area contributed by atoms with E-state index in [4.69, 9.17) is 9.51 Å². The smallest absolute Gasteiger partial charge is 0.232 e. The Hall–Kier alpha value is -4.63. The molecule has 39 heavy (non-hydrogen) atoms. The molecule has 1 aliphatic heterocycles. The number of aryl methyl sites for hydroxylation is 1. The Morgan fingerprint density at radius 2 is 1.77 bits per heavy atom. The molecule has 0 atom stereocenters. The summed E-state index contributed by atoms with van der Waals surface area (Å²) in [5.74, 6) is 1.30. The maximum Gasteiger partial charge on any atom is 0.232 e. The molecule has 1 saturated heterocycles. The Bertz CT molecular complexity index is 1580. The Morgan fingerprint density at radius 1 is 0.949 bits per heavy atom. The minimum Gasteiger partial charge on any atom is -0.361 e. The topological polar surface area (TPSA) is 100 Å². The molecule has 0 aliphatic carbocycles. The number of carbonyl (C=O) groups excluding carboxylic acids is 1. The molecule has 1 N–H and O–H groups in total. The normalized spacial score (nSPS) is 14.0. The molecule has 196 valence electrons. The highest BCUT2D eigenvalue weighted by Gasteiger charge is 2.19. The van der Waals surface area contributed by atoms with Crippen molar-refractivity contribution in [3.05, 3.63) is 96.3 Å². The molecule has 0 bridgehead atoms. The molecule has 6 rings (SSSR count). The van der Waals surface area contributed by atoms with Crippen LogP contribution in [-0.4, -0.2) is 57.1 Å². The predicted octanol–water partition coefficient (Wildman–Crippen LogP) is 4.49. The van der Waals surface area contributed by atoms with Crippen LogP contribution in [0.1, 0.15) is 17.0 Å². The monoisotopic (exact) mass is 519 g/mol. The van der Waals surface area contributed by atoms with Crippen LogP contribution in [0.4, 0.5) is 11.5 Å². The lowest BCUT2D eigenvalue weighted by atomic mass is 10.0. The number of hydrogen-bond acceptors (Lipinski definition) is 8. The summed E-state index contributed by atoms with van der Waals surface area (Å²) >= 11 is 0. The van der Waals surface area contributed by atoms with E-state index >= 15 is 0 Å². The molecule has 4 heterocycles. The summed E-state index contributed by atoms with van der Waals surface area (Å²) in [7, 11) is 0.